The molecule has 1 aromatic heterocycles. The number of amides is 1. The average Bonchev–Trinajstić information content (AvgIpc) is 3.28. The van der Waals surface area contributed by atoms with Gasteiger partial charge in [-0.2, -0.15) is 0 Å². The van der Waals surface area contributed by atoms with Crippen LogP contribution in [-0.4, -0.2) is 58.9 Å². The van der Waals surface area contributed by atoms with Crippen molar-refractivity contribution in [3.8, 4) is 16.3 Å². The fraction of sp³-hybridized carbons (Fsp3) is 0.304. The van der Waals surface area contributed by atoms with Crippen LogP contribution in [0.2, 0.25) is 0 Å². The second kappa shape index (κ2) is 9.88. The number of methoxy groups -OCH3 is 1. The standard InChI is InChI=1S/C23H24N4O4S/c1-31-21-8-4-18(5-9-21)23-24-19(16-32-23)15-25-10-12-26(13-11-25)22(28)14-17-2-6-20(7-3-17)27(29)30/h2-9,16H,10-15H2,1H3. The summed E-state index contributed by atoms with van der Waals surface area (Å²) in [4.78, 5) is 31.9. The van der Waals surface area contributed by atoms with Gasteiger partial charge >= 0.3 is 0 Å². The minimum atomic E-state index is -0.437. The van der Waals surface area contributed by atoms with E-state index in [-0.39, 0.29) is 18.0 Å². The number of thiazole rings is 1. The summed E-state index contributed by atoms with van der Waals surface area (Å²) in [5, 5.41) is 13.8. The number of hydrogen-bond donors (Lipinski definition) is 0. The molecule has 4 rings (SSSR count). The number of aromatic nitrogens is 1. The maximum Gasteiger partial charge on any atom is 0.269 e. The number of nitrogens with zero attached hydrogens (tertiary/aromatic N) is 4. The highest BCUT2D eigenvalue weighted by Crippen LogP contribution is 2.26. The van der Waals surface area contributed by atoms with Crippen LogP contribution >= 0.6 is 11.3 Å². The molecule has 32 heavy (non-hydrogen) atoms. The van der Waals surface area contributed by atoms with Crippen molar-refractivity contribution in [3.05, 3.63) is 75.3 Å². The molecular weight excluding hydrogens is 428 g/mol. The zero-order valence-electron chi connectivity index (χ0n) is 17.8. The van der Waals surface area contributed by atoms with Crippen LogP contribution in [0.3, 0.4) is 0 Å². The van der Waals surface area contributed by atoms with Crippen molar-refractivity contribution >= 4 is 22.9 Å². The Labute approximate surface area is 190 Å². The van der Waals surface area contributed by atoms with Gasteiger partial charge in [-0.25, -0.2) is 4.98 Å². The Balaban J connectivity index is 1.27. The molecule has 3 aromatic rings. The molecule has 0 bridgehead atoms. The zero-order chi connectivity index (χ0) is 22.5. The number of hydrogen-bond acceptors (Lipinski definition) is 7. The molecule has 0 spiro atoms. The van der Waals surface area contributed by atoms with Crippen molar-refractivity contribution in [3.63, 3.8) is 0 Å². The van der Waals surface area contributed by atoms with Crippen LogP contribution in [-0.2, 0) is 17.8 Å². The largest absolute Gasteiger partial charge is 0.497 e. The highest BCUT2D eigenvalue weighted by atomic mass is 32.1. The smallest absolute Gasteiger partial charge is 0.269 e. The number of carbonyl (C=O) groups is 1. The molecule has 0 N–H and O–H groups in total. The summed E-state index contributed by atoms with van der Waals surface area (Å²) in [7, 11) is 1.65. The Morgan fingerprint density at radius 1 is 1.09 bits per heavy atom. The molecule has 0 aliphatic carbocycles. The van der Waals surface area contributed by atoms with E-state index in [2.05, 4.69) is 10.3 Å². The van der Waals surface area contributed by atoms with Gasteiger partial charge in [0.25, 0.3) is 5.69 Å². The molecule has 1 saturated heterocycles. The minimum absolute atomic E-state index is 0.0343. The molecule has 1 aliphatic rings. The number of nitro groups is 1. The molecule has 8 nitrogen and oxygen atoms in total. The summed E-state index contributed by atoms with van der Waals surface area (Å²) in [6.07, 6.45) is 0.259. The second-order valence-electron chi connectivity index (χ2n) is 7.63. The number of benzene rings is 2. The van der Waals surface area contributed by atoms with Gasteiger partial charge < -0.3 is 9.64 Å². The van der Waals surface area contributed by atoms with E-state index in [1.165, 1.54) is 12.1 Å². The Morgan fingerprint density at radius 3 is 2.41 bits per heavy atom. The molecule has 9 heteroatoms. The summed E-state index contributed by atoms with van der Waals surface area (Å²) in [5.41, 5.74) is 2.93. The maximum absolute atomic E-state index is 12.6. The van der Waals surface area contributed by atoms with Gasteiger partial charge in [0.2, 0.25) is 5.91 Å². The third kappa shape index (κ3) is 5.30. The molecule has 166 valence electrons. The lowest BCUT2D eigenvalue weighted by molar-refractivity contribution is -0.384. The predicted molar refractivity (Wildman–Crippen MR) is 123 cm³/mol. The number of rotatable bonds is 7. The van der Waals surface area contributed by atoms with Crippen molar-refractivity contribution in [2.45, 2.75) is 13.0 Å². The van der Waals surface area contributed by atoms with E-state index < -0.39 is 4.92 Å². The lowest BCUT2D eigenvalue weighted by Gasteiger charge is -2.34. The third-order valence-corrected chi connectivity index (χ3v) is 6.44. The van der Waals surface area contributed by atoms with E-state index >= 15 is 0 Å². The van der Waals surface area contributed by atoms with Crippen LogP contribution in [0.1, 0.15) is 11.3 Å². The number of carbonyl (C=O) groups excluding carboxylic acids is 1. The van der Waals surface area contributed by atoms with Gasteiger partial charge in [-0.3, -0.25) is 19.8 Å². The summed E-state index contributed by atoms with van der Waals surface area (Å²) < 4.78 is 5.21. The molecule has 0 radical (unpaired) electrons. The molecule has 0 unspecified atom stereocenters. The van der Waals surface area contributed by atoms with Crippen LogP contribution in [0.5, 0.6) is 5.75 Å². The van der Waals surface area contributed by atoms with Crippen LogP contribution in [0.4, 0.5) is 5.69 Å². The van der Waals surface area contributed by atoms with E-state index in [1.54, 1.807) is 30.6 Å². The summed E-state index contributed by atoms with van der Waals surface area (Å²) in [6, 6.07) is 14.1. The van der Waals surface area contributed by atoms with Crippen molar-refractivity contribution in [2.24, 2.45) is 0 Å². The summed E-state index contributed by atoms with van der Waals surface area (Å²) in [6.45, 7) is 3.68. The first-order chi connectivity index (χ1) is 15.5. The second-order valence-corrected chi connectivity index (χ2v) is 8.49. The van der Waals surface area contributed by atoms with Crippen LogP contribution < -0.4 is 4.74 Å². The van der Waals surface area contributed by atoms with E-state index in [0.29, 0.717) is 13.1 Å². The van der Waals surface area contributed by atoms with E-state index in [4.69, 9.17) is 9.72 Å². The zero-order valence-corrected chi connectivity index (χ0v) is 18.6. The normalized spacial score (nSPS) is 14.3. The number of ether oxygens (including phenoxy) is 1. The first-order valence-corrected chi connectivity index (χ1v) is 11.2. The minimum Gasteiger partial charge on any atom is -0.497 e. The van der Waals surface area contributed by atoms with Crippen molar-refractivity contribution in [1.82, 2.24) is 14.8 Å². The van der Waals surface area contributed by atoms with Crippen LogP contribution in [0.15, 0.2) is 53.9 Å². The first kappa shape index (κ1) is 21.9. The predicted octanol–water partition coefficient (Wildman–Crippen LogP) is 3.61. The Morgan fingerprint density at radius 2 is 1.78 bits per heavy atom. The van der Waals surface area contributed by atoms with E-state index in [1.807, 2.05) is 29.2 Å². The van der Waals surface area contributed by atoms with Gasteiger partial charge in [0.15, 0.2) is 0 Å². The van der Waals surface area contributed by atoms with Gasteiger partial charge in [0, 0.05) is 55.8 Å². The summed E-state index contributed by atoms with van der Waals surface area (Å²) >= 11 is 1.63. The summed E-state index contributed by atoms with van der Waals surface area (Å²) in [5.74, 6) is 0.875. The maximum atomic E-state index is 12.6. The molecule has 0 saturated carbocycles. The first-order valence-electron chi connectivity index (χ1n) is 10.3. The van der Waals surface area contributed by atoms with Crippen molar-refractivity contribution in [1.29, 1.82) is 0 Å². The number of nitro benzene ring substituents is 1. The van der Waals surface area contributed by atoms with Crippen LogP contribution in [0, 0.1) is 10.1 Å². The van der Waals surface area contributed by atoms with Gasteiger partial charge in [-0.15, -0.1) is 11.3 Å². The van der Waals surface area contributed by atoms with Gasteiger partial charge in [-0.05, 0) is 29.8 Å². The molecule has 2 heterocycles. The van der Waals surface area contributed by atoms with Crippen LogP contribution in [0.25, 0.3) is 10.6 Å². The lowest BCUT2D eigenvalue weighted by atomic mass is 10.1. The number of non-ortho nitro benzene ring substituents is 1. The highest BCUT2D eigenvalue weighted by molar-refractivity contribution is 7.13. The van der Waals surface area contributed by atoms with Crippen molar-refractivity contribution in [2.75, 3.05) is 33.3 Å². The fourth-order valence-electron chi connectivity index (χ4n) is 3.65. The number of piperazine rings is 1. The average molecular weight is 453 g/mol. The molecule has 2 aromatic carbocycles. The highest BCUT2D eigenvalue weighted by Gasteiger charge is 2.22. The lowest BCUT2D eigenvalue weighted by Crippen LogP contribution is -2.48. The van der Waals surface area contributed by atoms with Gasteiger partial charge in [0.1, 0.15) is 10.8 Å². The van der Waals surface area contributed by atoms with Gasteiger partial charge in [0.05, 0.1) is 24.1 Å². The van der Waals surface area contributed by atoms with E-state index in [0.717, 1.165) is 47.2 Å². The molecule has 1 aliphatic heterocycles. The van der Waals surface area contributed by atoms with Crippen molar-refractivity contribution < 1.29 is 14.5 Å². The topological polar surface area (TPSA) is 88.8 Å². The monoisotopic (exact) mass is 452 g/mol. The van der Waals surface area contributed by atoms with E-state index in [9.17, 15) is 14.9 Å². The Bertz CT molecular complexity index is 1070. The molecule has 1 fully saturated rings. The molecular formula is C23H24N4O4S. The molecule has 0 atom stereocenters. The Kier molecular flexibility index (Phi) is 6.77. The van der Waals surface area contributed by atoms with Gasteiger partial charge in [-0.1, -0.05) is 12.1 Å². The third-order valence-electron chi connectivity index (χ3n) is 5.50. The fourth-order valence-corrected chi connectivity index (χ4v) is 4.47. The SMILES string of the molecule is COc1ccc(-c2nc(CN3CCN(C(=O)Cc4ccc([N+](=O)[O-])cc4)CC3)cs2)cc1. The molecule has 1 amide bonds. The quantitative estimate of drug-likeness (QED) is 0.402. The Hall–Kier alpha value is -3.30.